The minimum atomic E-state index is -4.77. The van der Waals surface area contributed by atoms with E-state index < -0.39 is 23.4 Å². The molecule has 0 radical (unpaired) electrons. The van der Waals surface area contributed by atoms with Crippen LogP contribution in [0.25, 0.3) is 0 Å². The van der Waals surface area contributed by atoms with Crippen LogP contribution in [0, 0.1) is 11.8 Å². The summed E-state index contributed by atoms with van der Waals surface area (Å²) in [6.07, 6.45) is 1.15. The van der Waals surface area contributed by atoms with E-state index in [9.17, 15) is 22.8 Å². The number of hydrogen-bond donors (Lipinski definition) is 0. The second kappa shape index (κ2) is 11.0. The zero-order valence-electron chi connectivity index (χ0n) is 20.8. The molecular weight excluding hydrogens is 473 g/mol. The van der Waals surface area contributed by atoms with Crippen LogP contribution in [-0.2, 0) is 22.1 Å². The Morgan fingerprint density at radius 2 is 1.81 bits per heavy atom. The van der Waals surface area contributed by atoms with Crippen molar-refractivity contribution >= 4 is 17.8 Å². The summed E-state index contributed by atoms with van der Waals surface area (Å²) < 4.78 is 51.2. The third kappa shape index (κ3) is 6.28. The first-order valence-electron chi connectivity index (χ1n) is 12.7. The average molecular weight is 507 g/mol. The molecule has 2 fully saturated rings. The van der Waals surface area contributed by atoms with Gasteiger partial charge in [-0.25, -0.2) is 0 Å². The van der Waals surface area contributed by atoms with Gasteiger partial charge in [0.1, 0.15) is 0 Å². The van der Waals surface area contributed by atoms with E-state index in [1.807, 2.05) is 19.1 Å². The number of nitrogens with zero attached hydrogens (tertiary/aromatic N) is 2. The Morgan fingerprint density at radius 1 is 1.11 bits per heavy atom. The lowest BCUT2D eigenvalue weighted by molar-refractivity contribution is -0.142. The van der Waals surface area contributed by atoms with E-state index in [1.165, 1.54) is 7.11 Å². The quantitative estimate of drug-likeness (QED) is 0.329. The number of esters is 1. The van der Waals surface area contributed by atoms with Gasteiger partial charge in [0, 0.05) is 25.9 Å². The van der Waals surface area contributed by atoms with Gasteiger partial charge in [0.2, 0.25) is 11.5 Å². The number of halogens is 3. The number of piperidine rings is 1. The molecule has 1 unspecified atom stereocenters. The topological polar surface area (TPSA) is 72.6 Å². The van der Waals surface area contributed by atoms with Gasteiger partial charge in [-0.15, -0.1) is 0 Å². The number of rotatable bonds is 7. The molecule has 196 valence electrons. The molecule has 2 heterocycles. The van der Waals surface area contributed by atoms with Crippen LogP contribution in [0.15, 0.2) is 28.7 Å². The summed E-state index contributed by atoms with van der Waals surface area (Å²) in [6.45, 7) is 3.14. The Bertz CT molecular complexity index is 1060. The molecule has 9 heteroatoms. The average Bonchev–Trinajstić information content (AvgIpc) is 3.32. The maximum absolute atomic E-state index is 13.7. The van der Waals surface area contributed by atoms with E-state index in [0.717, 1.165) is 44.1 Å². The summed E-state index contributed by atoms with van der Waals surface area (Å²) in [5, 5.41) is 0. The number of alkyl halides is 3. The van der Waals surface area contributed by atoms with Crippen LogP contribution in [-0.4, -0.2) is 36.9 Å². The second-order valence-corrected chi connectivity index (χ2v) is 10.2. The van der Waals surface area contributed by atoms with Crippen molar-refractivity contribution < 1.29 is 31.9 Å². The third-order valence-electron chi connectivity index (χ3n) is 7.41. The monoisotopic (exact) mass is 506 g/mol. The number of aromatic nitrogens is 1. The fraction of sp³-hybridized carbons (Fsp3) is 0.593. The molecule has 4 rings (SSSR count). The van der Waals surface area contributed by atoms with Gasteiger partial charge in [0.25, 0.3) is 6.01 Å². The fourth-order valence-electron chi connectivity index (χ4n) is 5.38. The molecule has 1 aromatic carbocycles. The van der Waals surface area contributed by atoms with Crippen LogP contribution in [0.2, 0.25) is 0 Å². The molecule has 6 nitrogen and oxygen atoms in total. The van der Waals surface area contributed by atoms with Crippen molar-refractivity contribution in [3.05, 3.63) is 46.8 Å². The van der Waals surface area contributed by atoms with Gasteiger partial charge < -0.3 is 14.1 Å². The number of hydrogen-bond acceptors (Lipinski definition) is 6. The molecule has 0 amide bonds. The largest absolute Gasteiger partial charge is 0.469 e. The molecule has 0 spiro atoms. The maximum Gasteiger partial charge on any atom is 0.437 e. The lowest BCUT2D eigenvalue weighted by atomic mass is 9.77. The molecule has 2 aliphatic rings. The van der Waals surface area contributed by atoms with Crippen LogP contribution in [0.4, 0.5) is 19.2 Å². The third-order valence-corrected chi connectivity index (χ3v) is 7.41. The lowest BCUT2D eigenvalue weighted by Crippen LogP contribution is -2.34. The first kappa shape index (κ1) is 26.2. The van der Waals surface area contributed by atoms with E-state index >= 15 is 0 Å². The van der Waals surface area contributed by atoms with E-state index in [1.54, 1.807) is 17.0 Å². The van der Waals surface area contributed by atoms with Gasteiger partial charge >= 0.3 is 12.1 Å². The predicted molar refractivity (Wildman–Crippen MR) is 128 cm³/mol. The first-order chi connectivity index (χ1) is 17.1. The van der Waals surface area contributed by atoms with Crippen molar-refractivity contribution in [2.45, 2.75) is 70.4 Å². The van der Waals surface area contributed by atoms with Crippen molar-refractivity contribution in [2.24, 2.45) is 11.8 Å². The van der Waals surface area contributed by atoms with Crippen LogP contribution in [0.5, 0.6) is 0 Å². The number of Topliss-reactive ketones (excluding diaryl/α,β-unsaturated/α-hetero) is 1. The first-order valence-corrected chi connectivity index (χ1v) is 12.7. The number of carbonyl (C=O) groups excluding carboxylic acids is 2. The number of benzene rings is 1. The fourth-order valence-corrected chi connectivity index (χ4v) is 5.38. The van der Waals surface area contributed by atoms with Gasteiger partial charge in [0.05, 0.1) is 7.11 Å². The van der Waals surface area contributed by atoms with Gasteiger partial charge in [-0.05, 0) is 67.4 Å². The SMILES string of the molecule is COC(=O)CC1CCC(c2ccc(CC(=O)c3oc(N4CCCC(C)C4)nc3C(F)(F)F)cc2)CC1. The van der Waals surface area contributed by atoms with E-state index in [0.29, 0.717) is 42.8 Å². The summed E-state index contributed by atoms with van der Waals surface area (Å²) in [5.41, 5.74) is 0.515. The van der Waals surface area contributed by atoms with Gasteiger partial charge in [-0.3, -0.25) is 9.59 Å². The van der Waals surface area contributed by atoms with Crippen molar-refractivity contribution in [3.63, 3.8) is 0 Å². The Balaban J connectivity index is 1.41. The van der Waals surface area contributed by atoms with Gasteiger partial charge in [-0.2, -0.15) is 18.2 Å². The molecule has 1 saturated carbocycles. The molecule has 36 heavy (non-hydrogen) atoms. The van der Waals surface area contributed by atoms with Crippen LogP contribution in [0.3, 0.4) is 0 Å². The smallest absolute Gasteiger partial charge is 0.437 e. The van der Waals surface area contributed by atoms with Gasteiger partial charge in [-0.1, -0.05) is 31.2 Å². The van der Waals surface area contributed by atoms with Crippen molar-refractivity contribution in [3.8, 4) is 0 Å². The molecule has 1 aliphatic heterocycles. The summed E-state index contributed by atoms with van der Waals surface area (Å²) in [4.78, 5) is 29.8. The Labute approximate surface area is 209 Å². The highest BCUT2D eigenvalue weighted by molar-refractivity contribution is 5.96. The maximum atomic E-state index is 13.7. The Hall–Kier alpha value is -2.84. The zero-order chi connectivity index (χ0) is 25.9. The van der Waals surface area contributed by atoms with Crippen LogP contribution >= 0.6 is 0 Å². The number of methoxy groups -OCH3 is 1. The minimum Gasteiger partial charge on any atom is -0.469 e. The summed E-state index contributed by atoms with van der Waals surface area (Å²) in [6, 6.07) is 7.35. The van der Waals surface area contributed by atoms with Crippen molar-refractivity contribution in [1.82, 2.24) is 4.98 Å². The number of ketones is 1. The highest BCUT2D eigenvalue weighted by Crippen LogP contribution is 2.38. The Kier molecular flexibility index (Phi) is 8.05. The zero-order valence-corrected chi connectivity index (χ0v) is 20.8. The second-order valence-electron chi connectivity index (χ2n) is 10.2. The summed E-state index contributed by atoms with van der Waals surface area (Å²) in [7, 11) is 1.40. The standard InChI is InChI=1S/C27H33F3N2O4/c1-17-4-3-13-32(16-17)26-31-25(27(28,29)30)24(36-26)22(33)14-18-5-9-20(10-6-18)21-11-7-19(8-12-21)15-23(34)35-2/h5-6,9-10,17,19,21H,3-4,7-8,11-16H2,1-2H3. The highest BCUT2D eigenvalue weighted by atomic mass is 19.4. The van der Waals surface area contributed by atoms with Gasteiger partial charge in [0.15, 0.2) is 5.69 Å². The van der Waals surface area contributed by atoms with Crippen molar-refractivity contribution in [2.75, 3.05) is 25.1 Å². The lowest BCUT2D eigenvalue weighted by Gasteiger charge is -2.29. The number of carbonyl (C=O) groups is 2. The number of ether oxygens (including phenoxy) is 1. The normalized spacial score (nSPS) is 22.9. The molecular formula is C27H33F3N2O4. The predicted octanol–water partition coefficient (Wildman–Crippen LogP) is 6.19. The van der Waals surface area contributed by atoms with E-state index in [2.05, 4.69) is 4.98 Å². The van der Waals surface area contributed by atoms with E-state index in [-0.39, 0.29) is 18.4 Å². The molecule has 0 N–H and O–H groups in total. The molecule has 1 aromatic heterocycles. The van der Waals surface area contributed by atoms with E-state index in [4.69, 9.17) is 9.15 Å². The summed E-state index contributed by atoms with van der Waals surface area (Å²) >= 11 is 0. The van der Waals surface area contributed by atoms with Crippen LogP contribution < -0.4 is 4.90 Å². The molecule has 1 atom stereocenters. The highest BCUT2D eigenvalue weighted by Gasteiger charge is 2.42. The number of oxazole rings is 1. The summed E-state index contributed by atoms with van der Waals surface area (Å²) in [5.74, 6) is -0.602. The molecule has 1 aliphatic carbocycles. The molecule has 1 saturated heterocycles. The molecule has 2 aromatic rings. The molecule has 0 bridgehead atoms. The van der Waals surface area contributed by atoms with Crippen LogP contribution in [0.1, 0.15) is 85.2 Å². The number of anilines is 1. The van der Waals surface area contributed by atoms with Crippen molar-refractivity contribution in [1.29, 1.82) is 0 Å². The minimum absolute atomic E-state index is 0.129. The Morgan fingerprint density at radius 3 is 2.42 bits per heavy atom.